The minimum absolute atomic E-state index is 0.0281. The first kappa shape index (κ1) is 9.49. The van der Waals surface area contributed by atoms with E-state index in [4.69, 9.17) is 4.74 Å². The molecule has 3 atom stereocenters. The molecule has 3 unspecified atom stereocenters. The van der Waals surface area contributed by atoms with Crippen molar-refractivity contribution in [3.8, 4) is 0 Å². The van der Waals surface area contributed by atoms with E-state index in [1.165, 1.54) is 0 Å². The van der Waals surface area contributed by atoms with Gasteiger partial charge in [0.05, 0.1) is 12.5 Å². The lowest BCUT2D eigenvalue weighted by atomic mass is 10.0. The minimum Gasteiger partial charge on any atom is -0.466 e. The highest BCUT2D eigenvalue weighted by molar-refractivity contribution is 5.81. The topological polar surface area (TPSA) is 55.4 Å². The maximum absolute atomic E-state index is 11.5. The SMILES string of the molecule is CCOC(=O)C1CC2CC(=O)NC1C2. The fourth-order valence-corrected chi connectivity index (χ4v) is 2.51. The molecule has 4 nitrogen and oxygen atoms in total. The van der Waals surface area contributed by atoms with Gasteiger partial charge in [0, 0.05) is 12.5 Å². The number of hydrogen-bond acceptors (Lipinski definition) is 3. The van der Waals surface area contributed by atoms with Crippen molar-refractivity contribution in [3.05, 3.63) is 0 Å². The van der Waals surface area contributed by atoms with E-state index >= 15 is 0 Å². The van der Waals surface area contributed by atoms with Gasteiger partial charge in [0.2, 0.25) is 5.91 Å². The molecule has 0 radical (unpaired) electrons. The standard InChI is InChI=1S/C10H15NO3/c1-2-14-10(13)7-3-6-4-8(7)11-9(12)5-6/h6-8H,2-5H2,1H3,(H,11,12). The molecule has 2 aliphatic rings. The number of fused-ring (bicyclic) bond motifs is 2. The Hall–Kier alpha value is -1.06. The number of rotatable bonds is 2. The van der Waals surface area contributed by atoms with Gasteiger partial charge in [0.1, 0.15) is 0 Å². The molecule has 1 N–H and O–H groups in total. The minimum atomic E-state index is -0.151. The van der Waals surface area contributed by atoms with Crippen LogP contribution in [0.15, 0.2) is 0 Å². The summed E-state index contributed by atoms with van der Waals surface area (Å²) in [7, 11) is 0. The van der Waals surface area contributed by atoms with Crippen molar-refractivity contribution in [2.24, 2.45) is 11.8 Å². The van der Waals surface area contributed by atoms with Crippen LogP contribution in [0, 0.1) is 11.8 Å². The van der Waals surface area contributed by atoms with Crippen LogP contribution in [-0.4, -0.2) is 24.5 Å². The Morgan fingerprint density at radius 2 is 2.36 bits per heavy atom. The van der Waals surface area contributed by atoms with Crippen LogP contribution >= 0.6 is 0 Å². The predicted molar refractivity (Wildman–Crippen MR) is 49.4 cm³/mol. The molecule has 0 aromatic heterocycles. The van der Waals surface area contributed by atoms with Crippen molar-refractivity contribution in [2.45, 2.75) is 32.2 Å². The number of amides is 1. The first-order chi connectivity index (χ1) is 6.70. The van der Waals surface area contributed by atoms with E-state index in [0.29, 0.717) is 18.9 Å². The molecule has 78 valence electrons. The van der Waals surface area contributed by atoms with Crippen molar-refractivity contribution >= 4 is 11.9 Å². The number of esters is 1. The molecule has 0 aromatic rings. The van der Waals surface area contributed by atoms with E-state index in [9.17, 15) is 9.59 Å². The van der Waals surface area contributed by atoms with Gasteiger partial charge in [-0.2, -0.15) is 0 Å². The highest BCUT2D eigenvalue weighted by Gasteiger charge is 2.44. The number of hydrogen-bond donors (Lipinski definition) is 1. The Bertz CT molecular complexity index is 264. The van der Waals surface area contributed by atoms with Crippen LogP contribution < -0.4 is 5.32 Å². The molecule has 0 aromatic carbocycles. The second kappa shape index (κ2) is 3.59. The lowest BCUT2D eigenvalue weighted by molar-refractivity contribution is -0.148. The molecule has 2 bridgehead atoms. The summed E-state index contributed by atoms with van der Waals surface area (Å²) in [6, 6.07) is 0.0281. The number of carbonyl (C=O) groups excluding carboxylic acids is 2. The summed E-state index contributed by atoms with van der Waals surface area (Å²) in [6.07, 6.45) is 2.32. The molecule has 14 heavy (non-hydrogen) atoms. The molecule has 1 saturated carbocycles. The van der Waals surface area contributed by atoms with Gasteiger partial charge in [-0.15, -0.1) is 0 Å². The monoisotopic (exact) mass is 197 g/mol. The van der Waals surface area contributed by atoms with Crippen molar-refractivity contribution in [1.29, 1.82) is 0 Å². The first-order valence-corrected chi connectivity index (χ1v) is 5.16. The van der Waals surface area contributed by atoms with Crippen LogP contribution in [0.3, 0.4) is 0 Å². The third-order valence-corrected chi connectivity index (χ3v) is 3.07. The van der Waals surface area contributed by atoms with Crippen molar-refractivity contribution < 1.29 is 14.3 Å². The van der Waals surface area contributed by atoms with Crippen molar-refractivity contribution in [1.82, 2.24) is 5.32 Å². The molecule has 2 fully saturated rings. The van der Waals surface area contributed by atoms with Crippen LogP contribution in [0.5, 0.6) is 0 Å². The predicted octanol–water partition coefficient (Wildman–Crippen LogP) is 0.464. The van der Waals surface area contributed by atoms with Crippen LogP contribution in [-0.2, 0) is 14.3 Å². The van der Waals surface area contributed by atoms with E-state index in [1.54, 1.807) is 6.92 Å². The van der Waals surface area contributed by atoms with Gasteiger partial charge in [-0.3, -0.25) is 9.59 Å². The molecule has 0 spiro atoms. The lowest BCUT2D eigenvalue weighted by Gasteiger charge is -2.21. The van der Waals surface area contributed by atoms with E-state index in [0.717, 1.165) is 12.8 Å². The fraction of sp³-hybridized carbons (Fsp3) is 0.800. The number of piperidine rings is 1. The third kappa shape index (κ3) is 1.61. The number of nitrogens with one attached hydrogen (secondary N) is 1. The Morgan fingerprint density at radius 1 is 1.57 bits per heavy atom. The Balaban J connectivity index is 2.02. The van der Waals surface area contributed by atoms with Gasteiger partial charge in [0.25, 0.3) is 0 Å². The van der Waals surface area contributed by atoms with Gasteiger partial charge < -0.3 is 10.1 Å². The zero-order chi connectivity index (χ0) is 10.1. The van der Waals surface area contributed by atoms with Gasteiger partial charge in [0.15, 0.2) is 0 Å². The van der Waals surface area contributed by atoms with Gasteiger partial charge in [-0.05, 0) is 25.7 Å². The van der Waals surface area contributed by atoms with Gasteiger partial charge >= 0.3 is 5.97 Å². The molecule has 4 heteroatoms. The largest absolute Gasteiger partial charge is 0.466 e. The maximum atomic E-state index is 11.5. The number of carbonyl (C=O) groups is 2. The van der Waals surface area contributed by atoms with Crippen LogP contribution in [0.1, 0.15) is 26.2 Å². The summed E-state index contributed by atoms with van der Waals surface area (Å²) in [6.45, 7) is 2.22. The van der Waals surface area contributed by atoms with E-state index in [-0.39, 0.29) is 23.8 Å². The quantitative estimate of drug-likeness (QED) is 0.654. The second-order valence-electron chi connectivity index (χ2n) is 4.07. The number of ether oxygens (including phenoxy) is 1. The lowest BCUT2D eigenvalue weighted by Crippen LogP contribution is -2.42. The van der Waals surface area contributed by atoms with Crippen LogP contribution in [0.4, 0.5) is 0 Å². The smallest absolute Gasteiger partial charge is 0.311 e. The maximum Gasteiger partial charge on any atom is 0.311 e. The van der Waals surface area contributed by atoms with E-state index in [1.807, 2.05) is 0 Å². The fourth-order valence-electron chi connectivity index (χ4n) is 2.51. The molecule has 2 rings (SSSR count). The van der Waals surface area contributed by atoms with E-state index < -0.39 is 0 Å². The summed E-state index contributed by atoms with van der Waals surface area (Å²) < 4.78 is 4.98. The van der Waals surface area contributed by atoms with Crippen molar-refractivity contribution in [3.63, 3.8) is 0 Å². The summed E-state index contributed by atoms with van der Waals surface area (Å²) in [5.41, 5.74) is 0. The molecule has 1 heterocycles. The molecule has 1 aliphatic carbocycles. The Kier molecular flexibility index (Phi) is 2.44. The van der Waals surface area contributed by atoms with Crippen molar-refractivity contribution in [2.75, 3.05) is 6.61 Å². The average molecular weight is 197 g/mol. The summed E-state index contributed by atoms with van der Waals surface area (Å²) >= 11 is 0. The second-order valence-corrected chi connectivity index (χ2v) is 4.07. The highest BCUT2D eigenvalue weighted by atomic mass is 16.5. The highest BCUT2D eigenvalue weighted by Crippen LogP contribution is 2.37. The Labute approximate surface area is 83.0 Å². The normalized spacial score (nSPS) is 35.2. The van der Waals surface area contributed by atoms with Gasteiger partial charge in [-0.1, -0.05) is 0 Å². The van der Waals surface area contributed by atoms with E-state index in [2.05, 4.69) is 5.32 Å². The molecule has 1 saturated heterocycles. The first-order valence-electron chi connectivity index (χ1n) is 5.16. The summed E-state index contributed by atoms with van der Waals surface area (Å²) in [4.78, 5) is 22.7. The molecule has 1 aliphatic heterocycles. The molecule has 1 amide bonds. The third-order valence-electron chi connectivity index (χ3n) is 3.07. The molecular formula is C10H15NO3. The Morgan fingerprint density at radius 3 is 3.07 bits per heavy atom. The average Bonchev–Trinajstić information content (AvgIpc) is 2.42. The van der Waals surface area contributed by atoms with Gasteiger partial charge in [-0.25, -0.2) is 0 Å². The zero-order valence-corrected chi connectivity index (χ0v) is 8.29. The van der Waals surface area contributed by atoms with Crippen LogP contribution in [0.2, 0.25) is 0 Å². The zero-order valence-electron chi connectivity index (χ0n) is 8.29. The summed E-state index contributed by atoms with van der Waals surface area (Å²) in [5, 5.41) is 2.86. The molecular weight excluding hydrogens is 182 g/mol. The van der Waals surface area contributed by atoms with Crippen LogP contribution in [0.25, 0.3) is 0 Å². The summed E-state index contributed by atoms with van der Waals surface area (Å²) in [5.74, 6) is 0.217.